The van der Waals surface area contributed by atoms with E-state index in [1.165, 1.54) is 11.3 Å². The Morgan fingerprint density at radius 2 is 1.88 bits per heavy atom. The number of hydrogen-bond acceptors (Lipinski definition) is 1. The molecular formula is C11H5BrCl3IS. The maximum Gasteiger partial charge on any atom is 0.0990 e. The summed E-state index contributed by atoms with van der Waals surface area (Å²) in [6.45, 7) is 0. The summed E-state index contributed by atoms with van der Waals surface area (Å²) in [6.07, 6.45) is 0. The lowest BCUT2D eigenvalue weighted by atomic mass is 10.1. The SMILES string of the molecule is Clc1cc(C(Br)c2ccc(I)c(Cl)c2)c(Cl)s1. The Balaban J connectivity index is 2.40. The van der Waals surface area contributed by atoms with Crippen LogP contribution in [0.15, 0.2) is 24.3 Å². The molecule has 2 aromatic rings. The van der Waals surface area contributed by atoms with Gasteiger partial charge >= 0.3 is 0 Å². The Hall–Kier alpha value is 1.000. The summed E-state index contributed by atoms with van der Waals surface area (Å²) in [5, 5.41) is 0.741. The van der Waals surface area contributed by atoms with Gasteiger partial charge in [0, 0.05) is 9.13 Å². The molecule has 0 aliphatic carbocycles. The minimum Gasteiger partial charge on any atom is -0.111 e. The highest BCUT2D eigenvalue weighted by Crippen LogP contribution is 2.42. The van der Waals surface area contributed by atoms with Crippen molar-refractivity contribution < 1.29 is 0 Å². The lowest BCUT2D eigenvalue weighted by Gasteiger charge is -2.10. The molecule has 0 nitrogen and oxygen atoms in total. The lowest BCUT2D eigenvalue weighted by Crippen LogP contribution is -1.92. The first-order valence-electron chi connectivity index (χ1n) is 4.53. The fourth-order valence-corrected chi connectivity index (χ4v) is 4.36. The second-order valence-corrected chi connectivity index (χ2v) is 8.09. The van der Waals surface area contributed by atoms with Crippen LogP contribution in [-0.2, 0) is 0 Å². The molecule has 0 spiro atoms. The third-order valence-corrected chi connectivity index (χ3v) is 6.30. The maximum atomic E-state index is 6.13. The van der Waals surface area contributed by atoms with Crippen LogP contribution in [0, 0.1) is 3.57 Å². The Morgan fingerprint density at radius 3 is 2.41 bits per heavy atom. The molecule has 1 atom stereocenters. The van der Waals surface area contributed by atoms with Gasteiger partial charge in [0.25, 0.3) is 0 Å². The smallest absolute Gasteiger partial charge is 0.0990 e. The van der Waals surface area contributed by atoms with Gasteiger partial charge in [-0.3, -0.25) is 0 Å². The molecule has 17 heavy (non-hydrogen) atoms. The highest BCUT2D eigenvalue weighted by atomic mass is 127. The number of benzene rings is 1. The summed E-state index contributed by atoms with van der Waals surface area (Å²) in [4.78, 5) is 0.00764. The summed E-state index contributed by atoms with van der Waals surface area (Å²) >= 11 is 25.4. The third kappa shape index (κ3) is 3.31. The van der Waals surface area contributed by atoms with Crippen LogP contribution in [0.3, 0.4) is 0 Å². The molecule has 0 N–H and O–H groups in total. The van der Waals surface area contributed by atoms with Crippen LogP contribution in [0.4, 0.5) is 0 Å². The molecule has 0 fully saturated rings. The molecule has 0 aliphatic heterocycles. The van der Waals surface area contributed by atoms with Crippen molar-refractivity contribution in [2.45, 2.75) is 4.83 Å². The van der Waals surface area contributed by atoms with Gasteiger partial charge in [0.15, 0.2) is 0 Å². The van der Waals surface area contributed by atoms with Gasteiger partial charge in [-0.25, -0.2) is 0 Å². The minimum atomic E-state index is 0.00764. The van der Waals surface area contributed by atoms with E-state index in [9.17, 15) is 0 Å². The highest BCUT2D eigenvalue weighted by molar-refractivity contribution is 14.1. The largest absolute Gasteiger partial charge is 0.111 e. The zero-order valence-electron chi connectivity index (χ0n) is 8.18. The summed E-state index contributed by atoms with van der Waals surface area (Å²) < 4.78 is 2.42. The Bertz CT molecular complexity index is 556. The van der Waals surface area contributed by atoms with Gasteiger partial charge in [0.1, 0.15) is 0 Å². The molecule has 0 radical (unpaired) electrons. The monoisotopic (exact) mass is 480 g/mol. The van der Waals surface area contributed by atoms with Crippen LogP contribution in [0.5, 0.6) is 0 Å². The number of rotatable bonds is 2. The van der Waals surface area contributed by atoms with Gasteiger partial charge in [0.05, 0.1) is 18.5 Å². The van der Waals surface area contributed by atoms with Gasteiger partial charge in [0.2, 0.25) is 0 Å². The fourth-order valence-electron chi connectivity index (χ4n) is 1.38. The first kappa shape index (κ1) is 14.4. The van der Waals surface area contributed by atoms with Gasteiger partial charge < -0.3 is 0 Å². The van der Waals surface area contributed by atoms with Gasteiger partial charge in [-0.1, -0.05) is 56.8 Å². The average molecular weight is 482 g/mol. The average Bonchev–Trinajstić information content (AvgIpc) is 2.61. The van der Waals surface area contributed by atoms with E-state index in [0.717, 1.165) is 19.7 Å². The van der Waals surface area contributed by atoms with Crippen molar-refractivity contribution >= 4 is 84.7 Å². The van der Waals surface area contributed by atoms with Crippen molar-refractivity contribution in [1.82, 2.24) is 0 Å². The predicted molar refractivity (Wildman–Crippen MR) is 89.3 cm³/mol. The Labute approximate surface area is 141 Å². The van der Waals surface area contributed by atoms with Gasteiger partial charge in [-0.05, 0) is 46.4 Å². The lowest BCUT2D eigenvalue weighted by molar-refractivity contribution is 1.19. The van der Waals surface area contributed by atoms with Crippen molar-refractivity contribution in [3.63, 3.8) is 0 Å². The molecule has 1 heterocycles. The predicted octanol–water partition coefficient (Wildman–Crippen LogP) is 6.80. The van der Waals surface area contributed by atoms with E-state index in [2.05, 4.69) is 38.5 Å². The molecule has 0 saturated carbocycles. The second-order valence-electron chi connectivity index (χ2n) is 3.32. The molecule has 2 rings (SSSR count). The van der Waals surface area contributed by atoms with Crippen LogP contribution in [0.25, 0.3) is 0 Å². The Morgan fingerprint density at radius 1 is 1.18 bits per heavy atom. The van der Waals surface area contributed by atoms with E-state index in [1.807, 2.05) is 24.3 Å². The van der Waals surface area contributed by atoms with Crippen molar-refractivity contribution in [3.05, 3.63) is 52.7 Å². The van der Waals surface area contributed by atoms with Gasteiger partial charge in [-0.15, -0.1) is 11.3 Å². The quantitative estimate of drug-likeness (QED) is 0.326. The molecule has 90 valence electrons. The third-order valence-electron chi connectivity index (χ3n) is 2.19. The van der Waals surface area contributed by atoms with E-state index in [4.69, 9.17) is 34.8 Å². The zero-order chi connectivity index (χ0) is 12.6. The standard InChI is InChI=1S/C11H5BrCl3IS/c12-10(6-4-9(14)17-11(6)15)5-1-2-8(16)7(13)3-5/h1-4,10H. The number of thiophene rings is 1. The van der Waals surface area contributed by atoms with Crippen molar-refractivity contribution in [2.75, 3.05) is 0 Å². The summed E-state index contributed by atoms with van der Waals surface area (Å²) in [5.41, 5.74) is 2.03. The van der Waals surface area contributed by atoms with Gasteiger partial charge in [-0.2, -0.15) is 0 Å². The molecule has 0 saturated heterocycles. The Kier molecular flexibility index (Phi) is 5.06. The highest BCUT2D eigenvalue weighted by Gasteiger charge is 2.17. The van der Waals surface area contributed by atoms with Crippen LogP contribution in [0.2, 0.25) is 13.7 Å². The molecule has 1 unspecified atom stereocenters. The van der Waals surface area contributed by atoms with Crippen molar-refractivity contribution in [3.8, 4) is 0 Å². The summed E-state index contributed by atoms with van der Waals surface area (Å²) in [6, 6.07) is 7.81. The van der Waals surface area contributed by atoms with E-state index in [0.29, 0.717) is 8.67 Å². The first-order chi connectivity index (χ1) is 7.99. The number of alkyl halides is 1. The zero-order valence-corrected chi connectivity index (χ0v) is 15.0. The van der Waals surface area contributed by atoms with Crippen LogP contribution in [0.1, 0.15) is 16.0 Å². The topological polar surface area (TPSA) is 0 Å². The second kappa shape index (κ2) is 5.97. The maximum absolute atomic E-state index is 6.13. The molecule has 0 amide bonds. The van der Waals surface area contributed by atoms with Crippen LogP contribution >= 0.6 is 84.7 Å². The normalized spacial score (nSPS) is 12.8. The summed E-state index contributed by atoms with van der Waals surface area (Å²) in [7, 11) is 0. The number of hydrogen-bond donors (Lipinski definition) is 0. The molecule has 0 bridgehead atoms. The minimum absolute atomic E-state index is 0.00764. The van der Waals surface area contributed by atoms with E-state index < -0.39 is 0 Å². The molecule has 1 aromatic carbocycles. The van der Waals surface area contributed by atoms with E-state index in [1.54, 1.807) is 0 Å². The molecule has 0 aliphatic rings. The molecular weight excluding hydrogens is 477 g/mol. The van der Waals surface area contributed by atoms with E-state index >= 15 is 0 Å². The van der Waals surface area contributed by atoms with Crippen LogP contribution in [-0.4, -0.2) is 0 Å². The summed E-state index contributed by atoms with van der Waals surface area (Å²) in [5.74, 6) is 0. The van der Waals surface area contributed by atoms with Crippen molar-refractivity contribution in [1.29, 1.82) is 0 Å². The molecule has 6 heteroatoms. The fraction of sp³-hybridized carbons (Fsp3) is 0.0909. The van der Waals surface area contributed by atoms with E-state index in [-0.39, 0.29) is 4.83 Å². The van der Waals surface area contributed by atoms with Crippen molar-refractivity contribution in [2.24, 2.45) is 0 Å². The van der Waals surface area contributed by atoms with Crippen LogP contribution < -0.4 is 0 Å². The molecule has 1 aromatic heterocycles. The first-order valence-corrected chi connectivity index (χ1v) is 8.47. The number of halogens is 5.